The predicted molar refractivity (Wildman–Crippen MR) is 101 cm³/mol. The number of carbonyl (C=O) groups is 2. The van der Waals surface area contributed by atoms with Crippen LogP contribution >= 0.6 is 0 Å². The molecule has 3 fully saturated rings. The molecule has 148 valence electrons. The fourth-order valence-corrected chi connectivity index (χ4v) is 7.06. The highest BCUT2D eigenvalue weighted by Crippen LogP contribution is 2.64. The first-order valence-electron chi connectivity index (χ1n) is 10.7. The Morgan fingerprint density at radius 2 is 1.96 bits per heavy atom. The molecule has 4 nitrogen and oxygen atoms in total. The molecule has 0 saturated heterocycles. The summed E-state index contributed by atoms with van der Waals surface area (Å²) in [5.41, 5.74) is -0.340. The molecule has 0 aromatic rings. The molecule has 3 aliphatic carbocycles. The number of carboxylic acid groups (broad SMARTS) is 1. The molecule has 3 aliphatic rings. The zero-order valence-electron chi connectivity index (χ0n) is 16.7. The Bertz CT molecular complexity index is 558. The van der Waals surface area contributed by atoms with E-state index in [-0.39, 0.29) is 29.3 Å². The average molecular weight is 365 g/mol. The van der Waals surface area contributed by atoms with Crippen molar-refractivity contribution in [1.29, 1.82) is 0 Å². The Morgan fingerprint density at radius 1 is 1.23 bits per heavy atom. The van der Waals surface area contributed by atoms with Crippen LogP contribution in [0.3, 0.4) is 0 Å². The Hall–Kier alpha value is -0.900. The van der Waals surface area contributed by atoms with Crippen LogP contribution in [0, 0.1) is 34.5 Å². The number of hydrogen-bond donors (Lipinski definition) is 2. The molecule has 26 heavy (non-hydrogen) atoms. The van der Waals surface area contributed by atoms with Crippen LogP contribution in [0.5, 0.6) is 0 Å². The second kappa shape index (κ2) is 7.26. The second-order valence-electron chi connectivity index (χ2n) is 9.75. The Labute approximate surface area is 157 Å². The molecule has 0 radical (unpaired) electrons. The van der Waals surface area contributed by atoms with Gasteiger partial charge in [-0.2, -0.15) is 0 Å². The maximum atomic E-state index is 12.5. The number of aliphatic hydroxyl groups is 1. The molecule has 2 N–H and O–H groups in total. The number of hydrogen-bond acceptors (Lipinski definition) is 3. The number of carbonyl (C=O) groups excluding carboxylic acids is 1. The smallest absolute Gasteiger partial charge is 0.303 e. The van der Waals surface area contributed by atoms with Crippen molar-refractivity contribution in [2.24, 2.45) is 34.5 Å². The van der Waals surface area contributed by atoms with Crippen LogP contribution in [-0.2, 0) is 9.59 Å². The minimum absolute atomic E-state index is 0.136. The van der Waals surface area contributed by atoms with Crippen molar-refractivity contribution in [2.45, 2.75) is 91.1 Å². The lowest BCUT2D eigenvalue weighted by Gasteiger charge is -2.59. The summed E-state index contributed by atoms with van der Waals surface area (Å²) in [5.74, 6) is 1.04. The molecule has 0 bridgehead atoms. The summed E-state index contributed by atoms with van der Waals surface area (Å²) in [6.07, 6.45) is 8.02. The maximum absolute atomic E-state index is 12.5. The third kappa shape index (κ3) is 3.12. The van der Waals surface area contributed by atoms with E-state index in [4.69, 9.17) is 0 Å². The van der Waals surface area contributed by atoms with Crippen LogP contribution < -0.4 is 0 Å². The van der Waals surface area contributed by atoms with Gasteiger partial charge in [0, 0.05) is 18.3 Å². The number of carboxylic acids is 1. The van der Waals surface area contributed by atoms with Gasteiger partial charge in [-0.25, -0.2) is 0 Å². The average Bonchev–Trinajstić information content (AvgIpc) is 2.88. The topological polar surface area (TPSA) is 74.6 Å². The quantitative estimate of drug-likeness (QED) is 0.730. The Balaban J connectivity index is 1.91. The molecule has 0 aromatic heterocycles. The van der Waals surface area contributed by atoms with E-state index >= 15 is 0 Å². The molecular formula is C22H36O4. The van der Waals surface area contributed by atoms with Crippen molar-refractivity contribution in [3.63, 3.8) is 0 Å². The van der Waals surface area contributed by atoms with Crippen LogP contribution in [0.15, 0.2) is 0 Å². The van der Waals surface area contributed by atoms with Gasteiger partial charge in [-0.05, 0) is 67.6 Å². The number of rotatable bonds is 6. The van der Waals surface area contributed by atoms with Gasteiger partial charge < -0.3 is 10.2 Å². The molecule has 7 atom stereocenters. The maximum Gasteiger partial charge on any atom is 0.303 e. The molecule has 0 unspecified atom stereocenters. The normalized spacial score (nSPS) is 45.2. The number of aliphatic hydroxyl groups excluding tert-OH is 1. The van der Waals surface area contributed by atoms with Crippen molar-refractivity contribution in [1.82, 2.24) is 0 Å². The number of fused-ring (bicyclic) bond motifs is 3. The molecule has 0 aromatic carbocycles. The lowest BCUT2D eigenvalue weighted by molar-refractivity contribution is -0.157. The number of unbranched alkanes of at least 4 members (excludes halogenated alkanes) is 1. The van der Waals surface area contributed by atoms with Crippen molar-refractivity contribution in [3.05, 3.63) is 0 Å². The van der Waals surface area contributed by atoms with Gasteiger partial charge in [0.2, 0.25) is 0 Å². The molecule has 3 rings (SSSR count). The largest absolute Gasteiger partial charge is 0.481 e. The zero-order chi connectivity index (χ0) is 19.1. The fraction of sp³-hybridized carbons (Fsp3) is 0.909. The van der Waals surface area contributed by atoms with Gasteiger partial charge in [0.25, 0.3) is 0 Å². The van der Waals surface area contributed by atoms with E-state index in [9.17, 15) is 19.8 Å². The fourth-order valence-electron chi connectivity index (χ4n) is 7.06. The third-order valence-corrected chi connectivity index (χ3v) is 8.56. The van der Waals surface area contributed by atoms with Crippen molar-refractivity contribution in [3.8, 4) is 0 Å². The lowest BCUT2D eigenvalue weighted by atomic mass is 9.46. The summed E-state index contributed by atoms with van der Waals surface area (Å²) in [6, 6.07) is 0. The zero-order valence-corrected chi connectivity index (χ0v) is 16.7. The molecule has 0 amide bonds. The molecule has 0 aliphatic heterocycles. The first-order valence-corrected chi connectivity index (χ1v) is 10.7. The van der Waals surface area contributed by atoms with Crippen LogP contribution in [0.1, 0.15) is 85.0 Å². The van der Waals surface area contributed by atoms with Gasteiger partial charge in [0.05, 0.1) is 6.10 Å². The highest BCUT2D eigenvalue weighted by atomic mass is 16.4. The Morgan fingerprint density at radius 3 is 2.62 bits per heavy atom. The van der Waals surface area contributed by atoms with Crippen LogP contribution in [0.2, 0.25) is 0 Å². The number of aliphatic carboxylic acids is 1. The SMILES string of the molecule is CCCC[C@@H]1[C@H](O)C[C@@H]2[C@H](CC[C@]3(C)C(=O)CC[C@@H]23)[C@@]1(C)CCC(=O)O. The van der Waals surface area contributed by atoms with Gasteiger partial charge in [-0.3, -0.25) is 9.59 Å². The minimum Gasteiger partial charge on any atom is -0.481 e. The second-order valence-corrected chi connectivity index (χ2v) is 9.75. The van der Waals surface area contributed by atoms with Crippen LogP contribution in [0.25, 0.3) is 0 Å². The summed E-state index contributed by atoms with van der Waals surface area (Å²) >= 11 is 0. The van der Waals surface area contributed by atoms with Gasteiger partial charge in [-0.15, -0.1) is 0 Å². The van der Waals surface area contributed by atoms with E-state index in [1.165, 1.54) is 0 Å². The van der Waals surface area contributed by atoms with E-state index < -0.39 is 5.97 Å². The molecular weight excluding hydrogens is 328 g/mol. The highest BCUT2D eigenvalue weighted by molar-refractivity contribution is 5.87. The first kappa shape index (κ1) is 19.9. The number of Topliss-reactive ketones (excluding diaryl/α,β-unsaturated/α-hetero) is 1. The summed E-state index contributed by atoms with van der Waals surface area (Å²) in [4.78, 5) is 23.8. The van der Waals surface area contributed by atoms with E-state index in [1.54, 1.807) is 0 Å². The minimum atomic E-state index is -0.742. The van der Waals surface area contributed by atoms with Gasteiger partial charge in [0.1, 0.15) is 5.78 Å². The standard InChI is InChI=1S/C22H36O4/c1-4-5-6-17-18(23)13-14-15-7-8-19(24)22(15,3)11-9-16(14)21(17,2)12-10-20(25)26/h14-18,23H,4-13H2,1-3H3,(H,25,26)/t14-,15-,16-,17+,18+,21+,22-/m0/s1. The first-order chi connectivity index (χ1) is 12.2. The third-order valence-electron chi connectivity index (χ3n) is 8.56. The van der Waals surface area contributed by atoms with Crippen molar-refractivity contribution in [2.75, 3.05) is 0 Å². The predicted octanol–water partition coefficient (Wildman–Crippen LogP) is 4.44. The van der Waals surface area contributed by atoms with Crippen LogP contribution in [-0.4, -0.2) is 28.1 Å². The number of ketones is 1. The lowest BCUT2D eigenvalue weighted by Crippen LogP contribution is -2.56. The summed E-state index contributed by atoms with van der Waals surface area (Å²) in [5, 5.41) is 20.4. The van der Waals surface area contributed by atoms with Crippen LogP contribution in [0.4, 0.5) is 0 Å². The molecule has 4 heteroatoms. The Kier molecular flexibility index (Phi) is 5.54. The summed E-state index contributed by atoms with van der Waals surface area (Å²) in [7, 11) is 0. The van der Waals surface area contributed by atoms with E-state index in [1.807, 2.05) is 0 Å². The van der Waals surface area contributed by atoms with Crippen molar-refractivity contribution >= 4 is 11.8 Å². The van der Waals surface area contributed by atoms with Crippen molar-refractivity contribution < 1.29 is 19.8 Å². The van der Waals surface area contributed by atoms with E-state index in [2.05, 4.69) is 20.8 Å². The molecule has 3 saturated carbocycles. The monoisotopic (exact) mass is 364 g/mol. The molecule has 0 spiro atoms. The van der Waals surface area contributed by atoms with E-state index in [0.717, 1.165) is 44.9 Å². The highest BCUT2D eigenvalue weighted by Gasteiger charge is 2.60. The molecule has 0 heterocycles. The van der Waals surface area contributed by atoms with Gasteiger partial charge in [0.15, 0.2) is 0 Å². The summed E-state index contributed by atoms with van der Waals surface area (Å²) in [6.45, 7) is 6.56. The van der Waals surface area contributed by atoms with E-state index in [0.29, 0.717) is 36.4 Å². The van der Waals surface area contributed by atoms with Gasteiger partial charge in [-0.1, -0.05) is 33.6 Å². The summed E-state index contributed by atoms with van der Waals surface area (Å²) < 4.78 is 0. The van der Waals surface area contributed by atoms with Gasteiger partial charge >= 0.3 is 5.97 Å².